The minimum absolute atomic E-state index is 0.152. The quantitative estimate of drug-likeness (QED) is 0.709. The minimum atomic E-state index is -0.152. The minimum Gasteiger partial charge on any atom is -0.493 e. The summed E-state index contributed by atoms with van der Waals surface area (Å²) in [4.78, 5) is 0. The van der Waals surface area contributed by atoms with E-state index in [2.05, 4.69) is 22.8 Å². The van der Waals surface area contributed by atoms with Gasteiger partial charge in [0.15, 0.2) is 0 Å². The fourth-order valence-electron chi connectivity index (χ4n) is 3.03. The number of aryl methyl sites for hydroxylation is 2. The first kappa shape index (κ1) is 12.5. The van der Waals surface area contributed by atoms with Crippen molar-refractivity contribution >= 4 is 10.9 Å². The standard InChI is InChI=1S/C18H16FNO/c19-16-2-1-3-17-15(16)7-10-20(17)9-6-13-4-5-18-14(12-13)8-11-21-18/h1-5,7,10,12H,6,8-9,11H2. The maximum atomic E-state index is 13.7. The molecule has 0 fully saturated rings. The van der Waals surface area contributed by atoms with E-state index in [0.717, 1.165) is 37.3 Å². The fourth-order valence-corrected chi connectivity index (χ4v) is 3.03. The highest BCUT2D eigenvalue weighted by Crippen LogP contribution is 2.26. The zero-order chi connectivity index (χ0) is 14.2. The Morgan fingerprint density at radius 1 is 1.14 bits per heavy atom. The summed E-state index contributed by atoms with van der Waals surface area (Å²) in [6.45, 7) is 1.65. The van der Waals surface area contributed by atoms with Crippen LogP contribution in [0.1, 0.15) is 11.1 Å². The van der Waals surface area contributed by atoms with Crippen LogP contribution >= 0.6 is 0 Å². The highest BCUT2D eigenvalue weighted by molar-refractivity contribution is 5.80. The molecule has 0 aliphatic carbocycles. The molecule has 2 heterocycles. The molecule has 0 radical (unpaired) electrons. The highest BCUT2D eigenvalue weighted by Gasteiger charge is 2.12. The van der Waals surface area contributed by atoms with E-state index in [9.17, 15) is 4.39 Å². The molecular weight excluding hydrogens is 265 g/mol. The van der Waals surface area contributed by atoms with Gasteiger partial charge in [0.05, 0.1) is 12.1 Å². The lowest BCUT2D eigenvalue weighted by Crippen LogP contribution is -2.00. The summed E-state index contributed by atoms with van der Waals surface area (Å²) >= 11 is 0. The average Bonchev–Trinajstić information content (AvgIpc) is 3.12. The molecule has 4 rings (SSSR count). The lowest BCUT2D eigenvalue weighted by atomic mass is 10.1. The third kappa shape index (κ3) is 2.19. The number of hydrogen-bond donors (Lipinski definition) is 0. The van der Waals surface area contributed by atoms with Crippen LogP contribution in [0.4, 0.5) is 4.39 Å². The zero-order valence-electron chi connectivity index (χ0n) is 11.7. The lowest BCUT2D eigenvalue weighted by Gasteiger charge is -2.07. The van der Waals surface area contributed by atoms with Gasteiger partial charge in [0.1, 0.15) is 11.6 Å². The molecule has 2 aromatic carbocycles. The van der Waals surface area contributed by atoms with Gasteiger partial charge in [-0.05, 0) is 41.8 Å². The van der Waals surface area contributed by atoms with Gasteiger partial charge >= 0.3 is 0 Å². The predicted molar refractivity (Wildman–Crippen MR) is 81.2 cm³/mol. The van der Waals surface area contributed by atoms with Crippen LogP contribution in [-0.2, 0) is 19.4 Å². The number of halogens is 1. The second-order valence-corrected chi connectivity index (χ2v) is 5.47. The lowest BCUT2D eigenvalue weighted by molar-refractivity contribution is 0.357. The van der Waals surface area contributed by atoms with Crippen LogP contribution in [-0.4, -0.2) is 11.2 Å². The molecule has 0 amide bonds. The van der Waals surface area contributed by atoms with Crippen LogP contribution in [0.3, 0.4) is 0 Å². The van der Waals surface area contributed by atoms with E-state index in [1.54, 1.807) is 6.07 Å². The van der Waals surface area contributed by atoms with Crippen LogP contribution in [0.2, 0.25) is 0 Å². The first-order chi connectivity index (χ1) is 10.3. The highest BCUT2D eigenvalue weighted by atomic mass is 19.1. The molecule has 1 aromatic heterocycles. The molecule has 0 unspecified atom stereocenters. The molecule has 2 nitrogen and oxygen atoms in total. The molecule has 3 heteroatoms. The molecule has 21 heavy (non-hydrogen) atoms. The fraction of sp³-hybridized carbons (Fsp3) is 0.222. The summed E-state index contributed by atoms with van der Waals surface area (Å²) in [5, 5.41) is 0.694. The molecule has 3 aromatic rings. The number of ether oxygens (including phenoxy) is 1. The number of fused-ring (bicyclic) bond motifs is 2. The van der Waals surface area contributed by atoms with Crippen molar-refractivity contribution in [3.63, 3.8) is 0 Å². The van der Waals surface area contributed by atoms with Gasteiger partial charge in [0, 0.05) is 24.5 Å². The van der Waals surface area contributed by atoms with Crippen LogP contribution in [0.25, 0.3) is 10.9 Å². The van der Waals surface area contributed by atoms with Crippen molar-refractivity contribution in [2.75, 3.05) is 6.61 Å². The van der Waals surface area contributed by atoms with Crippen LogP contribution in [0.15, 0.2) is 48.7 Å². The van der Waals surface area contributed by atoms with Crippen molar-refractivity contribution in [2.45, 2.75) is 19.4 Å². The van der Waals surface area contributed by atoms with Gasteiger partial charge in [-0.3, -0.25) is 0 Å². The van der Waals surface area contributed by atoms with Gasteiger partial charge < -0.3 is 9.30 Å². The predicted octanol–water partition coefficient (Wildman–Crippen LogP) is 3.96. The Morgan fingerprint density at radius 3 is 3.05 bits per heavy atom. The second-order valence-electron chi connectivity index (χ2n) is 5.47. The van der Waals surface area contributed by atoms with Gasteiger partial charge in [-0.2, -0.15) is 0 Å². The van der Waals surface area contributed by atoms with Gasteiger partial charge in [-0.25, -0.2) is 4.39 Å². The largest absolute Gasteiger partial charge is 0.493 e. The van der Waals surface area contributed by atoms with Gasteiger partial charge in [-0.1, -0.05) is 18.2 Å². The van der Waals surface area contributed by atoms with E-state index >= 15 is 0 Å². The summed E-state index contributed by atoms with van der Waals surface area (Å²) < 4.78 is 21.3. The Hall–Kier alpha value is -2.29. The Morgan fingerprint density at radius 2 is 2.10 bits per heavy atom. The summed E-state index contributed by atoms with van der Waals surface area (Å²) in [6, 6.07) is 13.5. The normalized spacial score (nSPS) is 13.4. The molecule has 0 saturated carbocycles. The molecule has 0 bridgehead atoms. The first-order valence-electron chi connectivity index (χ1n) is 7.29. The van der Waals surface area contributed by atoms with Crippen molar-refractivity contribution in [2.24, 2.45) is 0 Å². The molecule has 0 atom stereocenters. The number of rotatable bonds is 3. The Kier molecular flexibility index (Phi) is 2.92. The van der Waals surface area contributed by atoms with Crippen molar-refractivity contribution < 1.29 is 9.13 Å². The summed E-state index contributed by atoms with van der Waals surface area (Å²) in [5.74, 6) is 0.869. The maximum Gasteiger partial charge on any atom is 0.132 e. The summed E-state index contributed by atoms with van der Waals surface area (Å²) in [7, 11) is 0. The number of benzene rings is 2. The molecule has 1 aliphatic heterocycles. The average molecular weight is 281 g/mol. The molecule has 0 N–H and O–H groups in total. The van der Waals surface area contributed by atoms with Gasteiger partial charge in [0.25, 0.3) is 0 Å². The second kappa shape index (κ2) is 4.92. The smallest absolute Gasteiger partial charge is 0.132 e. The first-order valence-corrected chi connectivity index (χ1v) is 7.29. The van der Waals surface area contributed by atoms with Gasteiger partial charge in [0.2, 0.25) is 0 Å². The topological polar surface area (TPSA) is 14.2 Å². The van der Waals surface area contributed by atoms with Crippen LogP contribution in [0.5, 0.6) is 5.75 Å². The zero-order valence-corrected chi connectivity index (χ0v) is 11.7. The number of nitrogens with zero attached hydrogens (tertiary/aromatic N) is 1. The third-order valence-electron chi connectivity index (χ3n) is 4.16. The van der Waals surface area contributed by atoms with Crippen LogP contribution < -0.4 is 4.74 Å². The van der Waals surface area contributed by atoms with Crippen LogP contribution in [0, 0.1) is 5.82 Å². The Labute approximate surface area is 122 Å². The molecule has 1 aliphatic rings. The molecule has 0 spiro atoms. The SMILES string of the molecule is Fc1cccc2c1ccn2CCc1ccc2c(c1)CCO2. The monoisotopic (exact) mass is 281 g/mol. The number of aromatic nitrogens is 1. The van der Waals surface area contributed by atoms with Crippen molar-refractivity contribution in [3.05, 3.63) is 65.6 Å². The number of hydrogen-bond acceptors (Lipinski definition) is 1. The third-order valence-corrected chi connectivity index (χ3v) is 4.16. The maximum absolute atomic E-state index is 13.7. The van der Waals surface area contributed by atoms with E-state index in [0.29, 0.717) is 5.39 Å². The Balaban J connectivity index is 1.57. The van der Waals surface area contributed by atoms with Crippen molar-refractivity contribution in [1.82, 2.24) is 4.57 Å². The van der Waals surface area contributed by atoms with E-state index in [-0.39, 0.29) is 5.82 Å². The summed E-state index contributed by atoms with van der Waals surface area (Å²) in [5.41, 5.74) is 3.56. The van der Waals surface area contributed by atoms with E-state index < -0.39 is 0 Å². The van der Waals surface area contributed by atoms with Crippen molar-refractivity contribution in [3.8, 4) is 5.75 Å². The van der Waals surface area contributed by atoms with Crippen molar-refractivity contribution in [1.29, 1.82) is 0 Å². The van der Waals surface area contributed by atoms with E-state index in [1.165, 1.54) is 17.2 Å². The van der Waals surface area contributed by atoms with E-state index in [1.807, 2.05) is 18.3 Å². The van der Waals surface area contributed by atoms with E-state index in [4.69, 9.17) is 4.74 Å². The van der Waals surface area contributed by atoms with Gasteiger partial charge in [-0.15, -0.1) is 0 Å². The molecule has 106 valence electrons. The molecular formula is C18H16FNO. The summed E-state index contributed by atoms with van der Waals surface area (Å²) in [6.07, 6.45) is 3.90. The Bertz CT molecular complexity index is 806. The molecule has 0 saturated heterocycles.